The Balaban J connectivity index is 1.81. The highest BCUT2D eigenvalue weighted by atomic mass is 19.1. The number of nitrogens with one attached hydrogen (secondary N) is 1. The number of hydrogen-bond donors (Lipinski definition) is 2. The fourth-order valence-electron chi connectivity index (χ4n) is 2.62. The summed E-state index contributed by atoms with van der Waals surface area (Å²) in [4.78, 5) is 0. The molecule has 2 N–H and O–H groups in total. The van der Waals surface area contributed by atoms with Crippen LogP contribution in [0.3, 0.4) is 0 Å². The second-order valence-electron chi connectivity index (χ2n) is 5.24. The third-order valence-corrected chi connectivity index (χ3v) is 3.69. The molecule has 1 fully saturated rings. The topological polar surface area (TPSA) is 56.0 Å². The molecule has 0 aromatic heterocycles. The SMILES string of the molecule is N#Cc1ccc(CNCC2CCCC(O)C2)c(F)c1. The van der Waals surface area contributed by atoms with Crippen molar-refractivity contribution in [1.29, 1.82) is 5.26 Å². The van der Waals surface area contributed by atoms with Crippen molar-refractivity contribution in [3.63, 3.8) is 0 Å². The number of rotatable bonds is 4. The zero-order valence-electron chi connectivity index (χ0n) is 10.9. The maximum atomic E-state index is 13.6. The summed E-state index contributed by atoms with van der Waals surface area (Å²) < 4.78 is 13.6. The van der Waals surface area contributed by atoms with Crippen LogP contribution >= 0.6 is 0 Å². The Kier molecular flexibility index (Phi) is 4.89. The van der Waals surface area contributed by atoms with Crippen molar-refractivity contribution < 1.29 is 9.50 Å². The van der Waals surface area contributed by atoms with Crippen molar-refractivity contribution in [3.8, 4) is 6.07 Å². The molecule has 2 unspecified atom stereocenters. The van der Waals surface area contributed by atoms with Gasteiger partial charge in [0.05, 0.1) is 17.7 Å². The van der Waals surface area contributed by atoms with Crippen LogP contribution in [0, 0.1) is 23.1 Å². The Morgan fingerprint density at radius 1 is 1.42 bits per heavy atom. The molecular formula is C15H19FN2O. The fraction of sp³-hybridized carbons (Fsp3) is 0.533. The Morgan fingerprint density at radius 3 is 2.95 bits per heavy atom. The average Bonchev–Trinajstić information content (AvgIpc) is 2.40. The van der Waals surface area contributed by atoms with E-state index in [-0.39, 0.29) is 11.9 Å². The molecular weight excluding hydrogens is 243 g/mol. The number of nitriles is 1. The van der Waals surface area contributed by atoms with E-state index in [1.165, 1.54) is 6.07 Å². The van der Waals surface area contributed by atoms with Gasteiger partial charge in [-0.2, -0.15) is 5.26 Å². The first kappa shape index (κ1) is 14.0. The van der Waals surface area contributed by atoms with Crippen LogP contribution < -0.4 is 5.32 Å². The van der Waals surface area contributed by atoms with Crippen LogP contribution in [0.2, 0.25) is 0 Å². The van der Waals surface area contributed by atoms with E-state index >= 15 is 0 Å². The highest BCUT2D eigenvalue weighted by Gasteiger charge is 2.19. The summed E-state index contributed by atoms with van der Waals surface area (Å²) in [6.07, 6.45) is 3.76. The third-order valence-electron chi connectivity index (χ3n) is 3.69. The lowest BCUT2D eigenvalue weighted by atomic mass is 9.87. The molecule has 2 rings (SSSR count). The molecule has 102 valence electrons. The van der Waals surface area contributed by atoms with E-state index < -0.39 is 0 Å². The van der Waals surface area contributed by atoms with E-state index in [0.717, 1.165) is 32.2 Å². The minimum absolute atomic E-state index is 0.174. The molecule has 4 heteroatoms. The van der Waals surface area contributed by atoms with E-state index in [2.05, 4.69) is 5.32 Å². The summed E-state index contributed by atoms with van der Waals surface area (Å²) in [5.41, 5.74) is 0.923. The van der Waals surface area contributed by atoms with Gasteiger partial charge in [-0.15, -0.1) is 0 Å². The summed E-state index contributed by atoms with van der Waals surface area (Å²) in [6, 6.07) is 6.46. The van der Waals surface area contributed by atoms with E-state index in [9.17, 15) is 9.50 Å². The number of nitrogens with zero attached hydrogens (tertiary/aromatic N) is 1. The molecule has 1 aliphatic carbocycles. The summed E-state index contributed by atoms with van der Waals surface area (Å²) in [6.45, 7) is 1.26. The zero-order chi connectivity index (χ0) is 13.7. The van der Waals surface area contributed by atoms with Crippen LogP contribution in [0.15, 0.2) is 18.2 Å². The molecule has 1 saturated carbocycles. The molecule has 1 aromatic rings. The first-order valence-corrected chi connectivity index (χ1v) is 6.76. The van der Waals surface area contributed by atoms with Gasteiger partial charge in [-0.05, 0) is 43.9 Å². The number of hydrogen-bond acceptors (Lipinski definition) is 3. The van der Waals surface area contributed by atoms with Crippen molar-refractivity contribution in [3.05, 3.63) is 35.1 Å². The minimum Gasteiger partial charge on any atom is -0.393 e. The van der Waals surface area contributed by atoms with Gasteiger partial charge in [0.1, 0.15) is 5.82 Å². The van der Waals surface area contributed by atoms with Gasteiger partial charge < -0.3 is 10.4 Å². The number of benzene rings is 1. The van der Waals surface area contributed by atoms with Crippen LogP contribution in [-0.2, 0) is 6.54 Å². The van der Waals surface area contributed by atoms with Crippen LogP contribution in [-0.4, -0.2) is 17.8 Å². The average molecular weight is 262 g/mol. The Bertz CT molecular complexity index is 470. The van der Waals surface area contributed by atoms with Crippen molar-refractivity contribution in [2.24, 2.45) is 5.92 Å². The lowest BCUT2D eigenvalue weighted by Crippen LogP contribution is -2.29. The number of halogens is 1. The van der Waals surface area contributed by atoms with E-state index in [0.29, 0.717) is 23.6 Å². The summed E-state index contributed by atoms with van der Waals surface area (Å²) >= 11 is 0. The molecule has 0 amide bonds. The second-order valence-corrected chi connectivity index (χ2v) is 5.24. The zero-order valence-corrected chi connectivity index (χ0v) is 10.9. The quantitative estimate of drug-likeness (QED) is 0.875. The maximum absolute atomic E-state index is 13.6. The Hall–Kier alpha value is -1.44. The van der Waals surface area contributed by atoms with E-state index in [4.69, 9.17) is 5.26 Å². The monoisotopic (exact) mass is 262 g/mol. The summed E-state index contributed by atoms with van der Waals surface area (Å²) in [7, 11) is 0. The van der Waals surface area contributed by atoms with Crippen molar-refractivity contribution >= 4 is 0 Å². The predicted octanol–water partition coefficient (Wildman–Crippen LogP) is 2.34. The fourth-order valence-corrected chi connectivity index (χ4v) is 2.62. The largest absolute Gasteiger partial charge is 0.393 e. The lowest BCUT2D eigenvalue weighted by Gasteiger charge is -2.26. The highest BCUT2D eigenvalue weighted by Crippen LogP contribution is 2.23. The minimum atomic E-state index is -0.338. The van der Waals surface area contributed by atoms with Gasteiger partial charge in [-0.1, -0.05) is 12.5 Å². The van der Waals surface area contributed by atoms with Gasteiger partial charge >= 0.3 is 0 Å². The van der Waals surface area contributed by atoms with Gasteiger partial charge in [-0.3, -0.25) is 0 Å². The van der Waals surface area contributed by atoms with Gasteiger partial charge in [0, 0.05) is 12.1 Å². The Morgan fingerprint density at radius 2 is 2.26 bits per heavy atom. The van der Waals surface area contributed by atoms with Crippen molar-refractivity contribution in [2.45, 2.75) is 38.3 Å². The lowest BCUT2D eigenvalue weighted by molar-refractivity contribution is 0.101. The predicted molar refractivity (Wildman–Crippen MR) is 70.8 cm³/mol. The third kappa shape index (κ3) is 4.02. The Labute approximate surface area is 113 Å². The standard InChI is InChI=1S/C15H19FN2O/c16-15-7-11(8-17)4-5-13(15)10-18-9-12-2-1-3-14(19)6-12/h4-5,7,12,14,18-19H,1-3,6,9-10H2. The van der Waals surface area contributed by atoms with E-state index in [1.54, 1.807) is 12.1 Å². The highest BCUT2D eigenvalue weighted by molar-refractivity contribution is 5.32. The maximum Gasteiger partial charge on any atom is 0.129 e. The molecule has 2 atom stereocenters. The molecule has 0 bridgehead atoms. The number of aliphatic hydroxyl groups excluding tert-OH is 1. The summed E-state index contributed by atoms with van der Waals surface area (Å²) in [5, 5.41) is 21.5. The van der Waals surface area contributed by atoms with Crippen LogP contribution in [0.25, 0.3) is 0 Å². The van der Waals surface area contributed by atoms with Crippen molar-refractivity contribution in [1.82, 2.24) is 5.32 Å². The van der Waals surface area contributed by atoms with Crippen molar-refractivity contribution in [2.75, 3.05) is 6.54 Å². The molecule has 0 spiro atoms. The molecule has 1 aromatic carbocycles. The first-order valence-electron chi connectivity index (χ1n) is 6.76. The first-order chi connectivity index (χ1) is 9.19. The van der Waals surface area contributed by atoms with Crippen LogP contribution in [0.4, 0.5) is 4.39 Å². The van der Waals surface area contributed by atoms with Gasteiger partial charge in [0.25, 0.3) is 0 Å². The molecule has 0 saturated heterocycles. The van der Waals surface area contributed by atoms with Gasteiger partial charge in [-0.25, -0.2) is 4.39 Å². The number of aliphatic hydroxyl groups is 1. The van der Waals surface area contributed by atoms with Gasteiger partial charge in [0.15, 0.2) is 0 Å². The molecule has 0 heterocycles. The summed E-state index contributed by atoms with van der Waals surface area (Å²) in [5.74, 6) is 0.139. The molecule has 0 radical (unpaired) electrons. The molecule has 3 nitrogen and oxygen atoms in total. The second kappa shape index (κ2) is 6.65. The van der Waals surface area contributed by atoms with Gasteiger partial charge in [0.2, 0.25) is 0 Å². The van der Waals surface area contributed by atoms with Crippen LogP contribution in [0.1, 0.15) is 36.8 Å². The molecule has 19 heavy (non-hydrogen) atoms. The van der Waals surface area contributed by atoms with E-state index in [1.807, 2.05) is 6.07 Å². The molecule has 1 aliphatic rings. The normalized spacial score (nSPS) is 23.0. The smallest absolute Gasteiger partial charge is 0.129 e. The molecule has 0 aliphatic heterocycles. The van der Waals surface area contributed by atoms with Crippen LogP contribution in [0.5, 0.6) is 0 Å².